The van der Waals surface area contributed by atoms with Gasteiger partial charge in [0, 0.05) is 37.4 Å². The number of hydrogen-bond acceptors (Lipinski definition) is 3. The number of imidazole rings is 1. The summed E-state index contributed by atoms with van der Waals surface area (Å²) in [4.78, 5) is 7.46. The van der Waals surface area contributed by atoms with Crippen LogP contribution in [-0.2, 0) is 6.42 Å². The molecule has 3 N–H and O–H groups in total. The van der Waals surface area contributed by atoms with Crippen LogP contribution in [0.25, 0.3) is 0 Å². The van der Waals surface area contributed by atoms with Gasteiger partial charge in [-0.2, -0.15) is 0 Å². The van der Waals surface area contributed by atoms with E-state index in [1.807, 2.05) is 12.4 Å². The van der Waals surface area contributed by atoms with Crippen LogP contribution in [-0.4, -0.2) is 35.1 Å². The third-order valence-corrected chi connectivity index (χ3v) is 4.76. The molecule has 1 aromatic rings. The molecule has 0 aromatic carbocycles. The molecule has 4 nitrogen and oxygen atoms in total. The predicted octanol–water partition coefficient (Wildman–Crippen LogP) is 1.85. The van der Waals surface area contributed by atoms with Gasteiger partial charge in [0.1, 0.15) is 5.82 Å². The summed E-state index contributed by atoms with van der Waals surface area (Å²) >= 11 is 0. The second-order valence-corrected chi connectivity index (χ2v) is 6.00. The van der Waals surface area contributed by atoms with E-state index >= 15 is 0 Å². The number of piperidine rings is 1. The van der Waals surface area contributed by atoms with Crippen molar-refractivity contribution in [3.8, 4) is 0 Å². The smallest absolute Gasteiger partial charge is 0.107 e. The van der Waals surface area contributed by atoms with Crippen LogP contribution in [0, 0.1) is 5.92 Å². The molecule has 0 bridgehead atoms. The van der Waals surface area contributed by atoms with Crippen molar-refractivity contribution in [3.63, 3.8) is 0 Å². The van der Waals surface area contributed by atoms with Crippen LogP contribution in [0.5, 0.6) is 0 Å². The summed E-state index contributed by atoms with van der Waals surface area (Å²) in [6.07, 6.45) is 13.0. The van der Waals surface area contributed by atoms with Crippen molar-refractivity contribution in [3.05, 3.63) is 18.2 Å². The SMILES string of the molecule is c1c[nH]c(CCNC2CCCC2C2CCCCN2)n1. The van der Waals surface area contributed by atoms with Crippen molar-refractivity contribution in [2.24, 2.45) is 5.92 Å². The van der Waals surface area contributed by atoms with Crippen LogP contribution >= 0.6 is 0 Å². The Bertz CT molecular complexity index is 356. The van der Waals surface area contributed by atoms with Crippen LogP contribution in [0.1, 0.15) is 44.3 Å². The molecule has 4 heteroatoms. The van der Waals surface area contributed by atoms with E-state index in [0.717, 1.165) is 30.7 Å². The largest absolute Gasteiger partial charge is 0.349 e. The third-order valence-electron chi connectivity index (χ3n) is 4.76. The van der Waals surface area contributed by atoms with E-state index in [0.29, 0.717) is 6.04 Å². The zero-order chi connectivity index (χ0) is 12.9. The minimum absolute atomic E-state index is 0.713. The van der Waals surface area contributed by atoms with Gasteiger partial charge in [-0.15, -0.1) is 0 Å². The molecule has 1 saturated heterocycles. The zero-order valence-corrected chi connectivity index (χ0v) is 11.7. The Kier molecular flexibility index (Phi) is 4.51. The fourth-order valence-corrected chi connectivity index (χ4v) is 3.78. The highest BCUT2D eigenvalue weighted by atomic mass is 15.0. The number of H-pyrrole nitrogens is 1. The molecule has 1 aliphatic heterocycles. The van der Waals surface area contributed by atoms with Crippen molar-refractivity contribution in [2.75, 3.05) is 13.1 Å². The molecule has 0 amide bonds. The molecule has 1 saturated carbocycles. The van der Waals surface area contributed by atoms with Crippen LogP contribution < -0.4 is 10.6 Å². The van der Waals surface area contributed by atoms with Crippen molar-refractivity contribution in [1.82, 2.24) is 20.6 Å². The number of aromatic amines is 1. The first-order chi connectivity index (χ1) is 9.43. The fraction of sp³-hybridized carbons (Fsp3) is 0.800. The van der Waals surface area contributed by atoms with Crippen LogP contribution in [0.15, 0.2) is 12.4 Å². The molecule has 0 radical (unpaired) electrons. The Balaban J connectivity index is 1.46. The number of hydrogen-bond donors (Lipinski definition) is 3. The van der Waals surface area contributed by atoms with Gasteiger partial charge >= 0.3 is 0 Å². The van der Waals surface area contributed by atoms with E-state index in [4.69, 9.17) is 0 Å². The fourth-order valence-electron chi connectivity index (χ4n) is 3.78. The Labute approximate surface area is 115 Å². The Hall–Kier alpha value is -0.870. The summed E-state index contributed by atoms with van der Waals surface area (Å²) in [7, 11) is 0. The zero-order valence-electron chi connectivity index (χ0n) is 11.7. The molecular weight excluding hydrogens is 236 g/mol. The van der Waals surface area contributed by atoms with E-state index in [1.165, 1.54) is 45.1 Å². The van der Waals surface area contributed by atoms with E-state index < -0.39 is 0 Å². The highest BCUT2D eigenvalue weighted by Crippen LogP contribution is 2.31. The molecule has 2 heterocycles. The van der Waals surface area contributed by atoms with Gasteiger partial charge < -0.3 is 15.6 Å². The average molecular weight is 262 g/mol. The molecular formula is C15H26N4. The molecule has 1 aliphatic carbocycles. The summed E-state index contributed by atoms with van der Waals surface area (Å²) in [5, 5.41) is 7.50. The van der Waals surface area contributed by atoms with Gasteiger partial charge in [0.15, 0.2) is 0 Å². The monoisotopic (exact) mass is 262 g/mol. The van der Waals surface area contributed by atoms with Crippen molar-refractivity contribution >= 4 is 0 Å². The molecule has 1 aromatic heterocycles. The maximum atomic E-state index is 4.28. The molecule has 3 rings (SSSR count). The second-order valence-electron chi connectivity index (χ2n) is 6.00. The van der Waals surface area contributed by atoms with Crippen molar-refractivity contribution in [1.29, 1.82) is 0 Å². The lowest BCUT2D eigenvalue weighted by Gasteiger charge is -2.33. The normalized spacial score (nSPS) is 31.7. The Morgan fingerprint density at radius 2 is 2.21 bits per heavy atom. The molecule has 19 heavy (non-hydrogen) atoms. The maximum absolute atomic E-state index is 4.28. The number of nitrogens with zero attached hydrogens (tertiary/aromatic N) is 1. The highest BCUT2D eigenvalue weighted by Gasteiger charge is 2.33. The van der Waals surface area contributed by atoms with Gasteiger partial charge in [0.25, 0.3) is 0 Å². The van der Waals surface area contributed by atoms with E-state index in [-0.39, 0.29) is 0 Å². The Morgan fingerprint density at radius 3 is 3.00 bits per heavy atom. The number of aromatic nitrogens is 2. The van der Waals surface area contributed by atoms with Gasteiger partial charge in [-0.25, -0.2) is 4.98 Å². The van der Waals surface area contributed by atoms with Crippen LogP contribution in [0.2, 0.25) is 0 Å². The van der Waals surface area contributed by atoms with E-state index in [1.54, 1.807) is 0 Å². The average Bonchev–Trinajstić information content (AvgIpc) is 3.11. The predicted molar refractivity (Wildman–Crippen MR) is 77.1 cm³/mol. The third kappa shape index (κ3) is 3.37. The lowest BCUT2D eigenvalue weighted by Crippen LogP contribution is -2.47. The van der Waals surface area contributed by atoms with E-state index in [9.17, 15) is 0 Å². The summed E-state index contributed by atoms with van der Waals surface area (Å²) < 4.78 is 0. The maximum Gasteiger partial charge on any atom is 0.107 e. The number of nitrogens with one attached hydrogen (secondary N) is 3. The molecule has 3 unspecified atom stereocenters. The summed E-state index contributed by atoms with van der Waals surface area (Å²) in [5.41, 5.74) is 0. The number of rotatable bonds is 5. The van der Waals surface area contributed by atoms with Gasteiger partial charge in [0.05, 0.1) is 0 Å². The quantitative estimate of drug-likeness (QED) is 0.759. The van der Waals surface area contributed by atoms with Crippen LogP contribution in [0.3, 0.4) is 0 Å². The van der Waals surface area contributed by atoms with E-state index in [2.05, 4.69) is 20.6 Å². The topological polar surface area (TPSA) is 52.7 Å². The minimum Gasteiger partial charge on any atom is -0.349 e. The van der Waals surface area contributed by atoms with Gasteiger partial charge in [-0.1, -0.05) is 12.8 Å². The second kappa shape index (κ2) is 6.53. The van der Waals surface area contributed by atoms with Gasteiger partial charge in [0.2, 0.25) is 0 Å². The molecule has 2 aliphatic rings. The first kappa shape index (κ1) is 13.1. The molecule has 2 fully saturated rings. The summed E-state index contributed by atoms with van der Waals surface area (Å²) in [5.74, 6) is 1.94. The molecule has 3 atom stereocenters. The van der Waals surface area contributed by atoms with Gasteiger partial charge in [-0.3, -0.25) is 0 Å². The highest BCUT2D eigenvalue weighted by molar-refractivity contribution is 4.93. The summed E-state index contributed by atoms with van der Waals surface area (Å²) in [6.45, 7) is 2.27. The molecule has 106 valence electrons. The Morgan fingerprint density at radius 1 is 1.21 bits per heavy atom. The van der Waals surface area contributed by atoms with Crippen molar-refractivity contribution < 1.29 is 0 Å². The van der Waals surface area contributed by atoms with Gasteiger partial charge in [-0.05, 0) is 38.1 Å². The lowest BCUT2D eigenvalue weighted by molar-refractivity contribution is 0.258. The first-order valence-corrected chi connectivity index (χ1v) is 7.88. The standard InChI is InChI=1S/C15H26N4/c1-2-8-16-13(5-1)12-4-3-6-14(12)17-9-7-15-18-10-11-19-15/h10-14,16-17H,1-9H2,(H,18,19). The molecule has 0 spiro atoms. The first-order valence-electron chi connectivity index (χ1n) is 7.88. The lowest BCUT2D eigenvalue weighted by atomic mass is 9.88. The minimum atomic E-state index is 0.713. The summed E-state index contributed by atoms with van der Waals surface area (Å²) in [6, 6.07) is 1.47. The van der Waals surface area contributed by atoms with Crippen molar-refractivity contribution in [2.45, 2.75) is 57.0 Å². The van der Waals surface area contributed by atoms with Crippen LogP contribution in [0.4, 0.5) is 0 Å².